The van der Waals surface area contributed by atoms with E-state index in [-0.39, 0.29) is 18.9 Å². The number of esters is 1. The number of nitrogens with two attached hydrogens (primary N) is 1. The first-order valence-corrected chi connectivity index (χ1v) is 6.38. The van der Waals surface area contributed by atoms with Crippen molar-refractivity contribution in [2.45, 2.75) is 32.0 Å². The van der Waals surface area contributed by atoms with Crippen molar-refractivity contribution in [1.82, 2.24) is 4.90 Å². The summed E-state index contributed by atoms with van der Waals surface area (Å²) in [5.41, 5.74) is 5.71. The quantitative estimate of drug-likeness (QED) is 0.822. The molecule has 5 nitrogen and oxygen atoms in total. The molecule has 1 aliphatic rings. The lowest BCUT2D eigenvalue weighted by atomic mass is 10.1. The Morgan fingerprint density at radius 2 is 2.11 bits per heavy atom. The number of benzene rings is 1. The molecule has 1 saturated heterocycles. The average molecular weight is 262 g/mol. The fraction of sp³-hybridized carbons (Fsp3) is 0.429. The zero-order valence-corrected chi connectivity index (χ0v) is 11.0. The summed E-state index contributed by atoms with van der Waals surface area (Å²) in [5, 5.41) is 0. The molecule has 1 amide bonds. The molecule has 1 heterocycles. The van der Waals surface area contributed by atoms with Crippen LogP contribution in [0.1, 0.15) is 25.3 Å². The van der Waals surface area contributed by atoms with Gasteiger partial charge in [0.05, 0.1) is 6.61 Å². The zero-order valence-electron chi connectivity index (χ0n) is 11.0. The Morgan fingerprint density at radius 3 is 2.74 bits per heavy atom. The fourth-order valence-electron chi connectivity index (χ4n) is 2.25. The van der Waals surface area contributed by atoms with Crippen molar-refractivity contribution in [2.24, 2.45) is 5.73 Å². The highest BCUT2D eigenvalue weighted by molar-refractivity contribution is 5.91. The second-order valence-corrected chi connectivity index (χ2v) is 4.61. The van der Waals surface area contributed by atoms with Gasteiger partial charge in [-0.1, -0.05) is 30.3 Å². The number of hydrogen-bond donors (Lipinski definition) is 1. The van der Waals surface area contributed by atoms with Crippen LogP contribution in [0, 0.1) is 0 Å². The molecule has 0 bridgehead atoms. The van der Waals surface area contributed by atoms with Crippen LogP contribution in [0.4, 0.5) is 0 Å². The maximum Gasteiger partial charge on any atom is 0.347 e. The molecule has 0 unspecified atom stereocenters. The molecule has 2 N–H and O–H groups in total. The van der Waals surface area contributed by atoms with Crippen molar-refractivity contribution >= 4 is 11.9 Å². The number of carbonyl (C=O) groups excluding carboxylic acids is 2. The maximum absolute atomic E-state index is 12.0. The molecule has 1 aromatic rings. The standard InChI is InChI=1S/C14H18N2O3/c1-2-19-13(18)14(15)9-8-12(17)16(14)10-11-6-4-3-5-7-11/h3-7H,2,8-10,15H2,1H3/t14-/m0/s1. The van der Waals surface area contributed by atoms with Gasteiger partial charge in [-0.15, -0.1) is 0 Å². The summed E-state index contributed by atoms with van der Waals surface area (Å²) in [4.78, 5) is 25.3. The largest absolute Gasteiger partial charge is 0.463 e. The van der Waals surface area contributed by atoms with Gasteiger partial charge in [0.2, 0.25) is 5.91 Å². The van der Waals surface area contributed by atoms with E-state index in [1.165, 1.54) is 4.90 Å². The topological polar surface area (TPSA) is 72.6 Å². The van der Waals surface area contributed by atoms with Gasteiger partial charge in [-0.05, 0) is 12.5 Å². The minimum absolute atomic E-state index is 0.112. The molecule has 1 aromatic carbocycles. The minimum Gasteiger partial charge on any atom is -0.463 e. The summed E-state index contributed by atoms with van der Waals surface area (Å²) >= 11 is 0. The maximum atomic E-state index is 12.0. The highest BCUT2D eigenvalue weighted by Gasteiger charge is 2.49. The molecule has 0 radical (unpaired) electrons. The average Bonchev–Trinajstić information content (AvgIpc) is 2.70. The van der Waals surface area contributed by atoms with Gasteiger partial charge in [0.1, 0.15) is 0 Å². The first-order chi connectivity index (χ1) is 9.08. The van der Waals surface area contributed by atoms with Gasteiger partial charge in [0.15, 0.2) is 5.66 Å². The number of carbonyl (C=O) groups is 2. The molecule has 1 fully saturated rings. The van der Waals surface area contributed by atoms with Crippen LogP contribution < -0.4 is 5.73 Å². The third kappa shape index (κ3) is 2.61. The number of rotatable bonds is 4. The molecule has 0 aromatic heterocycles. The van der Waals surface area contributed by atoms with E-state index in [1.54, 1.807) is 6.92 Å². The van der Waals surface area contributed by atoms with E-state index >= 15 is 0 Å². The zero-order chi connectivity index (χ0) is 13.9. The SMILES string of the molecule is CCOC(=O)[C@]1(N)CCC(=O)N1Cc1ccccc1. The van der Waals surface area contributed by atoms with Crippen molar-refractivity contribution in [1.29, 1.82) is 0 Å². The van der Waals surface area contributed by atoms with Gasteiger partial charge in [-0.3, -0.25) is 10.5 Å². The highest BCUT2D eigenvalue weighted by Crippen LogP contribution is 2.28. The second-order valence-electron chi connectivity index (χ2n) is 4.61. The summed E-state index contributed by atoms with van der Waals surface area (Å²) in [6.45, 7) is 2.31. The van der Waals surface area contributed by atoms with E-state index < -0.39 is 11.6 Å². The van der Waals surface area contributed by atoms with E-state index in [2.05, 4.69) is 0 Å². The molecule has 1 atom stereocenters. The monoisotopic (exact) mass is 262 g/mol. The lowest BCUT2D eigenvalue weighted by Gasteiger charge is -2.32. The first kappa shape index (κ1) is 13.5. The molecule has 5 heteroatoms. The van der Waals surface area contributed by atoms with E-state index in [9.17, 15) is 9.59 Å². The van der Waals surface area contributed by atoms with Gasteiger partial charge in [-0.2, -0.15) is 0 Å². The molecular formula is C14H18N2O3. The fourth-order valence-corrected chi connectivity index (χ4v) is 2.25. The van der Waals surface area contributed by atoms with Gasteiger partial charge in [0.25, 0.3) is 0 Å². The van der Waals surface area contributed by atoms with Crippen LogP contribution in [0.3, 0.4) is 0 Å². The number of likely N-dealkylation sites (tertiary alicyclic amines) is 1. The van der Waals surface area contributed by atoms with Gasteiger partial charge in [0, 0.05) is 19.4 Å². The van der Waals surface area contributed by atoms with Crippen LogP contribution in [-0.4, -0.2) is 29.0 Å². The number of nitrogens with zero attached hydrogens (tertiary/aromatic N) is 1. The first-order valence-electron chi connectivity index (χ1n) is 6.38. The summed E-state index contributed by atoms with van der Waals surface area (Å²) in [7, 11) is 0. The Morgan fingerprint density at radius 1 is 1.42 bits per heavy atom. The predicted molar refractivity (Wildman–Crippen MR) is 69.8 cm³/mol. The molecule has 102 valence electrons. The molecular weight excluding hydrogens is 244 g/mol. The Hall–Kier alpha value is -1.88. The summed E-state index contributed by atoms with van der Waals surface area (Å²) in [6.07, 6.45) is 0.583. The highest BCUT2D eigenvalue weighted by atomic mass is 16.5. The van der Waals surface area contributed by atoms with E-state index in [1.807, 2.05) is 30.3 Å². The Balaban J connectivity index is 2.20. The van der Waals surface area contributed by atoms with E-state index in [4.69, 9.17) is 10.5 Å². The summed E-state index contributed by atoms with van der Waals surface area (Å²) < 4.78 is 4.99. The van der Waals surface area contributed by atoms with Crippen molar-refractivity contribution in [3.63, 3.8) is 0 Å². The van der Waals surface area contributed by atoms with Crippen LogP contribution >= 0.6 is 0 Å². The molecule has 0 saturated carbocycles. The van der Waals surface area contributed by atoms with Crippen LogP contribution in [0.15, 0.2) is 30.3 Å². The lowest BCUT2D eigenvalue weighted by molar-refractivity contribution is -0.160. The molecule has 0 spiro atoms. The van der Waals surface area contributed by atoms with Crippen molar-refractivity contribution in [2.75, 3.05) is 6.61 Å². The number of hydrogen-bond acceptors (Lipinski definition) is 4. The van der Waals surface area contributed by atoms with E-state index in [0.717, 1.165) is 5.56 Å². The van der Waals surface area contributed by atoms with Gasteiger partial charge < -0.3 is 9.64 Å². The molecule has 2 rings (SSSR count). The normalized spacial score (nSPS) is 22.6. The summed E-state index contributed by atoms with van der Waals surface area (Å²) in [6, 6.07) is 9.47. The minimum atomic E-state index is -1.33. The lowest BCUT2D eigenvalue weighted by Crippen LogP contribution is -2.59. The van der Waals surface area contributed by atoms with Crippen LogP contribution in [-0.2, 0) is 20.9 Å². The number of amides is 1. The summed E-state index contributed by atoms with van der Waals surface area (Å²) in [5.74, 6) is -0.642. The molecule has 19 heavy (non-hydrogen) atoms. The predicted octanol–water partition coefficient (Wildman–Crippen LogP) is 1.03. The van der Waals surface area contributed by atoms with Crippen LogP contribution in [0.2, 0.25) is 0 Å². The van der Waals surface area contributed by atoms with Crippen LogP contribution in [0.25, 0.3) is 0 Å². The second kappa shape index (κ2) is 5.40. The third-order valence-electron chi connectivity index (χ3n) is 3.32. The van der Waals surface area contributed by atoms with Gasteiger partial charge >= 0.3 is 5.97 Å². The van der Waals surface area contributed by atoms with Crippen molar-refractivity contribution in [3.8, 4) is 0 Å². The Labute approximate surface area is 112 Å². The smallest absolute Gasteiger partial charge is 0.347 e. The van der Waals surface area contributed by atoms with E-state index in [0.29, 0.717) is 13.0 Å². The molecule has 0 aliphatic carbocycles. The van der Waals surface area contributed by atoms with Crippen molar-refractivity contribution < 1.29 is 14.3 Å². The third-order valence-corrected chi connectivity index (χ3v) is 3.32. The Bertz CT molecular complexity index is 475. The Kier molecular flexibility index (Phi) is 3.85. The molecule has 1 aliphatic heterocycles. The van der Waals surface area contributed by atoms with Crippen molar-refractivity contribution in [3.05, 3.63) is 35.9 Å². The van der Waals surface area contributed by atoms with Crippen LogP contribution in [0.5, 0.6) is 0 Å². The number of ether oxygens (including phenoxy) is 1. The van der Waals surface area contributed by atoms with Gasteiger partial charge in [-0.25, -0.2) is 4.79 Å².